The third-order valence-corrected chi connectivity index (χ3v) is 4.26. The van der Waals surface area contributed by atoms with Gasteiger partial charge >= 0.3 is 7.32 Å². The first kappa shape index (κ1) is 15.0. The zero-order valence-corrected chi connectivity index (χ0v) is 13.0. The summed E-state index contributed by atoms with van der Waals surface area (Å²) < 4.78 is 23.1. The maximum Gasteiger partial charge on any atom is 0.639 e. The summed E-state index contributed by atoms with van der Waals surface area (Å²) in [5.41, 5.74) is 0. The normalized spacial score (nSPS) is 25.0. The second kappa shape index (κ2) is 6.89. The van der Waals surface area contributed by atoms with Crippen LogP contribution in [0.3, 0.4) is 0 Å². The first-order valence-corrected chi connectivity index (χ1v) is 8.10. The van der Waals surface area contributed by atoms with Crippen molar-refractivity contribution in [3.63, 3.8) is 0 Å². The number of rotatable bonds is 3. The van der Waals surface area contributed by atoms with Gasteiger partial charge in [0.05, 0.1) is 6.10 Å². The van der Waals surface area contributed by atoms with Gasteiger partial charge in [0.15, 0.2) is 0 Å². The molecule has 2 aromatic rings. The predicted octanol–water partition coefficient (Wildman–Crippen LogP) is 1.95. The number of ether oxygens (including phenoxy) is 1. The van der Waals surface area contributed by atoms with Gasteiger partial charge in [0, 0.05) is 38.2 Å². The first-order valence-electron chi connectivity index (χ1n) is 8.10. The molecule has 2 aromatic carbocycles. The van der Waals surface area contributed by atoms with Gasteiger partial charge in [0.2, 0.25) is 0 Å². The number of fused-ring (bicyclic) bond motifs is 7. The molecule has 0 N–H and O–H groups in total. The number of hydrogen-bond acceptors (Lipinski definition) is 5. The Hall–Kier alpha value is -1.60. The minimum absolute atomic E-state index is 0.0698. The molecule has 120 valence electrons. The van der Waals surface area contributed by atoms with Crippen LogP contribution in [0.1, 0.15) is 0 Å². The molecule has 3 saturated heterocycles. The summed E-state index contributed by atoms with van der Waals surface area (Å²) in [7, 11) is -0.571. The molecule has 0 aliphatic carbocycles. The Morgan fingerprint density at radius 2 is 1.83 bits per heavy atom. The van der Waals surface area contributed by atoms with Gasteiger partial charge in [-0.3, -0.25) is 4.90 Å². The van der Waals surface area contributed by atoms with Gasteiger partial charge in [-0.2, -0.15) is 0 Å². The SMILES string of the molecule is c1ccc2c(OCC3CN4CCOB(OCC4)O3)cccc2c1. The molecule has 0 aromatic heterocycles. The molecule has 1 atom stereocenters. The molecule has 0 saturated carbocycles. The smallest absolute Gasteiger partial charge is 0.490 e. The molecule has 3 fully saturated rings. The maximum atomic E-state index is 6.06. The van der Waals surface area contributed by atoms with E-state index in [1.165, 1.54) is 5.39 Å². The molecule has 2 bridgehead atoms. The highest BCUT2D eigenvalue weighted by molar-refractivity contribution is 6.36. The molecular formula is C17H20BNO4. The van der Waals surface area contributed by atoms with Crippen LogP contribution >= 0.6 is 0 Å². The van der Waals surface area contributed by atoms with E-state index in [9.17, 15) is 0 Å². The van der Waals surface area contributed by atoms with Crippen LogP contribution in [0.25, 0.3) is 10.8 Å². The van der Waals surface area contributed by atoms with Crippen molar-refractivity contribution in [1.29, 1.82) is 0 Å². The standard InChI is InChI=1S/C17H20BNO4/c1-2-6-16-14(4-1)5-3-7-17(16)20-13-15-12-19-8-10-21-18(23-15)22-11-9-19/h1-7,15H,8-13H2. The van der Waals surface area contributed by atoms with Crippen molar-refractivity contribution in [2.24, 2.45) is 0 Å². The highest BCUT2D eigenvalue weighted by Crippen LogP contribution is 2.25. The van der Waals surface area contributed by atoms with Crippen molar-refractivity contribution < 1.29 is 18.7 Å². The zero-order chi connectivity index (χ0) is 15.5. The Bertz CT molecular complexity index is 639. The van der Waals surface area contributed by atoms with E-state index in [1.807, 2.05) is 24.3 Å². The van der Waals surface area contributed by atoms with Crippen LogP contribution in [0.2, 0.25) is 0 Å². The van der Waals surface area contributed by atoms with Gasteiger partial charge in [-0.1, -0.05) is 36.4 Å². The van der Waals surface area contributed by atoms with Gasteiger partial charge in [0.1, 0.15) is 12.4 Å². The van der Waals surface area contributed by atoms with E-state index in [-0.39, 0.29) is 6.10 Å². The van der Waals surface area contributed by atoms with Crippen LogP contribution in [-0.4, -0.2) is 57.8 Å². The van der Waals surface area contributed by atoms with Crippen LogP contribution in [0.4, 0.5) is 0 Å². The molecule has 3 heterocycles. The summed E-state index contributed by atoms with van der Waals surface area (Å²) in [5.74, 6) is 0.885. The quantitative estimate of drug-likeness (QED) is 0.810. The number of hydrogen-bond donors (Lipinski definition) is 0. The van der Waals surface area contributed by atoms with Crippen molar-refractivity contribution >= 4 is 18.1 Å². The molecule has 5 nitrogen and oxygen atoms in total. The molecule has 3 aliphatic rings. The van der Waals surface area contributed by atoms with Crippen molar-refractivity contribution in [3.8, 4) is 5.75 Å². The topological polar surface area (TPSA) is 40.2 Å². The molecule has 3 aliphatic heterocycles. The van der Waals surface area contributed by atoms with E-state index in [2.05, 4.69) is 23.1 Å². The summed E-state index contributed by atoms with van der Waals surface area (Å²) in [6.07, 6.45) is -0.0698. The van der Waals surface area contributed by atoms with Gasteiger partial charge in [0.25, 0.3) is 0 Å². The lowest BCUT2D eigenvalue weighted by Crippen LogP contribution is -2.51. The Balaban J connectivity index is 1.47. The molecule has 0 spiro atoms. The lowest BCUT2D eigenvalue weighted by atomic mass is 10.1. The monoisotopic (exact) mass is 313 g/mol. The lowest BCUT2D eigenvalue weighted by molar-refractivity contribution is -0.0320. The molecule has 0 radical (unpaired) electrons. The zero-order valence-electron chi connectivity index (χ0n) is 13.0. The number of benzene rings is 2. The summed E-state index contributed by atoms with van der Waals surface area (Å²) in [4.78, 5) is 2.30. The van der Waals surface area contributed by atoms with Gasteiger partial charge < -0.3 is 18.7 Å². The lowest BCUT2D eigenvalue weighted by Gasteiger charge is -2.34. The van der Waals surface area contributed by atoms with Crippen LogP contribution < -0.4 is 4.74 Å². The largest absolute Gasteiger partial charge is 0.639 e. The van der Waals surface area contributed by atoms with E-state index in [0.29, 0.717) is 19.8 Å². The van der Waals surface area contributed by atoms with Crippen LogP contribution in [0, 0.1) is 0 Å². The van der Waals surface area contributed by atoms with Crippen LogP contribution in [-0.2, 0) is 14.0 Å². The van der Waals surface area contributed by atoms with Crippen molar-refractivity contribution in [2.75, 3.05) is 39.5 Å². The highest BCUT2D eigenvalue weighted by atomic mass is 16.7. The summed E-state index contributed by atoms with van der Waals surface area (Å²) in [6, 6.07) is 14.3. The van der Waals surface area contributed by atoms with Gasteiger partial charge in [-0.05, 0) is 11.5 Å². The highest BCUT2D eigenvalue weighted by Gasteiger charge is 2.33. The van der Waals surface area contributed by atoms with Crippen molar-refractivity contribution in [1.82, 2.24) is 4.90 Å². The third-order valence-electron chi connectivity index (χ3n) is 4.26. The molecule has 5 rings (SSSR count). The van der Waals surface area contributed by atoms with Crippen molar-refractivity contribution in [2.45, 2.75) is 6.10 Å². The minimum atomic E-state index is -0.571. The molecular weight excluding hydrogens is 293 g/mol. The Morgan fingerprint density at radius 1 is 1.04 bits per heavy atom. The van der Waals surface area contributed by atoms with E-state index >= 15 is 0 Å². The molecule has 1 unspecified atom stereocenters. The second-order valence-electron chi connectivity index (χ2n) is 5.88. The maximum absolute atomic E-state index is 6.06. The summed E-state index contributed by atoms with van der Waals surface area (Å²) in [5, 5.41) is 2.30. The fraction of sp³-hybridized carbons (Fsp3) is 0.412. The fourth-order valence-corrected chi connectivity index (χ4v) is 3.06. The second-order valence-corrected chi connectivity index (χ2v) is 5.88. The van der Waals surface area contributed by atoms with Gasteiger partial charge in [-0.15, -0.1) is 0 Å². The first-order chi connectivity index (χ1) is 11.4. The Labute approximate surface area is 136 Å². The van der Waals surface area contributed by atoms with Crippen LogP contribution in [0.5, 0.6) is 5.75 Å². The third kappa shape index (κ3) is 3.51. The summed E-state index contributed by atoms with van der Waals surface area (Å²) >= 11 is 0. The van der Waals surface area contributed by atoms with Crippen molar-refractivity contribution in [3.05, 3.63) is 42.5 Å². The van der Waals surface area contributed by atoms with Gasteiger partial charge in [-0.25, -0.2) is 0 Å². The average Bonchev–Trinajstić information content (AvgIpc) is 2.52. The number of nitrogens with zero attached hydrogens (tertiary/aromatic N) is 1. The van der Waals surface area contributed by atoms with E-state index < -0.39 is 7.32 Å². The Kier molecular flexibility index (Phi) is 4.48. The molecule has 23 heavy (non-hydrogen) atoms. The van der Waals surface area contributed by atoms with E-state index in [1.54, 1.807) is 0 Å². The predicted molar refractivity (Wildman–Crippen MR) is 88.4 cm³/mol. The minimum Gasteiger partial charge on any atom is -0.490 e. The average molecular weight is 313 g/mol. The van der Waals surface area contributed by atoms with E-state index in [0.717, 1.165) is 30.8 Å². The fourth-order valence-electron chi connectivity index (χ4n) is 3.06. The Morgan fingerprint density at radius 3 is 2.70 bits per heavy atom. The summed E-state index contributed by atoms with van der Waals surface area (Å²) in [6.45, 7) is 4.42. The molecule has 6 heteroatoms. The van der Waals surface area contributed by atoms with E-state index in [4.69, 9.17) is 18.7 Å². The van der Waals surface area contributed by atoms with Crippen LogP contribution in [0.15, 0.2) is 42.5 Å². The molecule has 0 amide bonds.